The Bertz CT molecular complexity index is 34.7. The van der Waals surface area contributed by atoms with Gasteiger partial charge in [0, 0.05) is 12.8 Å². The Morgan fingerprint density at radius 2 is 1.00 bits per heavy atom. The maximum absolute atomic E-state index is 8.47. The molecule has 0 atom stereocenters. The van der Waals surface area contributed by atoms with Gasteiger partial charge in [-0.05, 0) is 0 Å². The summed E-state index contributed by atoms with van der Waals surface area (Å²) in [5.41, 5.74) is 11.1. The Morgan fingerprint density at radius 3 is 1.00 bits per heavy atom. The molecule has 4 nitrogen and oxygen atoms in total. The van der Waals surface area contributed by atoms with E-state index in [0.717, 1.165) is 0 Å². The second-order valence-corrected chi connectivity index (χ2v) is 0.236. The van der Waals surface area contributed by atoms with Crippen LogP contribution in [-0.4, -0.2) is 12.8 Å². The van der Waals surface area contributed by atoms with Crippen LogP contribution in [0.3, 0.4) is 0 Å². The van der Waals surface area contributed by atoms with Crippen LogP contribution in [0.15, 0.2) is 0 Å². The van der Waals surface area contributed by atoms with E-state index in [1.54, 1.807) is 0 Å². The van der Waals surface area contributed by atoms with E-state index in [2.05, 4.69) is 0 Å². The minimum absolute atomic E-state index is 0. The molecule has 0 aliphatic carbocycles. The fraction of sp³-hybridized carbons (Fsp3) is 0. The number of hydrogen-bond donors (Lipinski definition) is 0. The summed E-state index contributed by atoms with van der Waals surface area (Å²) < 4.78 is 0. The number of nitrogens with one attached hydrogen (secondary N) is 2. The van der Waals surface area contributed by atoms with Crippen LogP contribution in [-0.2, 0) is 35.8 Å². The Hall–Kier alpha value is -0.177. The first-order valence-corrected chi connectivity index (χ1v) is 1.05. The van der Waals surface area contributed by atoms with E-state index < -0.39 is 0 Å². The summed E-state index contributed by atoms with van der Waals surface area (Å²) in [6, 6.07) is 0. The molecular weight excluding hydrogens is 175 g/mol. The number of rotatable bonds is 0. The van der Waals surface area contributed by atoms with Crippen molar-refractivity contribution >= 4 is 12.8 Å². The van der Waals surface area contributed by atoms with Gasteiger partial charge in [0.15, 0.2) is 0 Å². The molecule has 5 heteroatoms. The van der Waals surface area contributed by atoms with Gasteiger partial charge in [-0.25, -0.2) is 0 Å². The van der Waals surface area contributed by atoms with Crippen LogP contribution >= 0.6 is 0 Å². The third kappa shape index (κ3) is 2720. The molecule has 0 bridgehead atoms. The monoisotopic (exact) mass is 178 g/mol. The summed E-state index contributed by atoms with van der Waals surface area (Å²) in [6.07, 6.45) is 0. The fourth-order valence-electron chi connectivity index (χ4n) is 0. The van der Waals surface area contributed by atoms with Crippen molar-refractivity contribution in [1.82, 2.24) is 0 Å². The van der Waals surface area contributed by atoms with Crippen molar-refractivity contribution in [1.29, 1.82) is 0 Å². The van der Waals surface area contributed by atoms with Crippen molar-refractivity contribution in [2.24, 2.45) is 0 Å². The smallest absolute Gasteiger partial charge is 0.671 e. The van der Waals surface area contributed by atoms with Crippen LogP contribution in [0.4, 0.5) is 0 Å². The van der Waals surface area contributed by atoms with Crippen molar-refractivity contribution < 1.29 is 35.8 Å². The third-order valence-electron chi connectivity index (χ3n) is 0. The molecule has 0 rings (SSSR count). The molecule has 0 saturated carbocycles. The molecule has 38 valence electrons. The van der Waals surface area contributed by atoms with Crippen LogP contribution in [0.2, 0.25) is 0 Å². The first-order chi connectivity index (χ1) is 2.83. The van der Waals surface area contributed by atoms with Crippen LogP contribution in [0, 0.1) is 0 Å². The first-order valence-electron chi connectivity index (χ1n) is 1.05. The quantitative estimate of drug-likeness (QED) is 0.504. The van der Waals surface area contributed by atoms with Gasteiger partial charge >= 0.3 is 26.2 Å². The molecule has 0 fully saturated rings. The molecule has 0 radical (unpaired) electrons. The van der Waals surface area contributed by atoms with E-state index in [9.17, 15) is 0 Å². The van der Waals surface area contributed by atoms with Gasteiger partial charge in [-0.1, -0.05) is 0 Å². The molecule has 0 aliphatic rings. The Morgan fingerprint density at radius 1 is 1.00 bits per heavy atom. The average Bonchev–Trinajstić information content (AvgIpc) is 1.39. The second-order valence-electron chi connectivity index (χ2n) is 0.236. The number of amides is 2. The van der Waals surface area contributed by atoms with Gasteiger partial charge in [0.2, 0.25) is 0 Å². The predicted octanol–water partition coefficient (Wildman–Crippen LogP) is 0.388. The molecule has 0 aliphatic heterocycles. The summed E-state index contributed by atoms with van der Waals surface area (Å²) in [5.74, 6) is 0. The van der Waals surface area contributed by atoms with E-state index in [4.69, 9.17) is 21.1 Å². The molecule has 2 amide bonds. The van der Waals surface area contributed by atoms with Gasteiger partial charge in [0.25, 0.3) is 0 Å². The summed E-state index contributed by atoms with van der Waals surface area (Å²) in [5, 5.41) is 0. The Labute approximate surface area is 60.4 Å². The predicted molar refractivity (Wildman–Crippen MR) is 20.8 cm³/mol. The molecule has 0 heterocycles. The average molecular weight is 179 g/mol. The molecule has 0 aromatic rings. The molecule has 7 heavy (non-hydrogen) atoms. The van der Waals surface area contributed by atoms with Gasteiger partial charge < -0.3 is 21.1 Å². The summed E-state index contributed by atoms with van der Waals surface area (Å²) in [4.78, 5) is 16.9. The second kappa shape index (κ2) is 40.8. The van der Waals surface area contributed by atoms with E-state index >= 15 is 0 Å². The van der Waals surface area contributed by atoms with E-state index in [0.29, 0.717) is 0 Å². The van der Waals surface area contributed by atoms with Crippen molar-refractivity contribution in [2.75, 3.05) is 0 Å². The zero-order chi connectivity index (χ0) is 5.41. The van der Waals surface area contributed by atoms with Crippen molar-refractivity contribution in [2.45, 2.75) is 0 Å². The molecule has 0 spiro atoms. The number of carbonyl (C=O) groups excluding carboxylic acids is 2. The fourth-order valence-corrected chi connectivity index (χ4v) is 0. The molecule has 0 saturated heterocycles. The maximum Gasteiger partial charge on any atom is 2.00 e. The summed E-state index contributed by atoms with van der Waals surface area (Å²) in [7, 11) is 0. The summed E-state index contributed by atoms with van der Waals surface area (Å²) in [6.45, 7) is 0. The molecule has 0 aromatic carbocycles. The van der Waals surface area contributed by atoms with Crippen LogP contribution in [0.5, 0.6) is 0 Å². The zero-order valence-corrected chi connectivity index (χ0v) is 5.93. The maximum atomic E-state index is 8.47. The van der Waals surface area contributed by atoms with E-state index in [-0.39, 0.29) is 39.0 Å². The van der Waals surface area contributed by atoms with Crippen LogP contribution in [0.25, 0.3) is 11.5 Å². The van der Waals surface area contributed by atoms with Gasteiger partial charge in [-0.15, -0.1) is 0 Å². The normalized spacial score (nSPS) is 3.43. The third-order valence-corrected chi connectivity index (χ3v) is 0. The van der Waals surface area contributed by atoms with Crippen molar-refractivity contribution in [3.8, 4) is 0 Å². The molecule has 0 unspecified atom stereocenters. The van der Waals surface area contributed by atoms with Gasteiger partial charge in [0.1, 0.15) is 0 Å². The SMILES string of the molecule is [NH-]C=O.[NH-]C=O.[Zr+2]. The van der Waals surface area contributed by atoms with E-state index in [1.165, 1.54) is 0 Å². The first kappa shape index (κ1) is 15.8. The van der Waals surface area contributed by atoms with Gasteiger partial charge in [0.05, 0.1) is 0 Å². The summed E-state index contributed by atoms with van der Waals surface area (Å²) >= 11 is 0. The zero-order valence-electron chi connectivity index (χ0n) is 3.47. The molecular formula is C2H4N2O2Zr. The van der Waals surface area contributed by atoms with Crippen LogP contribution < -0.4 is 0 Å². The number of hydrogen-bond acceptors (Lipinski definition) is 2. The largest absolute Gasteiger partial charge is 2.00 e. The minimum Gasteiger partial charge on any atom is -0.671 e. The van der Waals surface area contributed by atoms with Crippen molar-refractivity contribution in [3.05, 3.63) is 11.5 Å². The van der Waals surface area contributed by atoms with Gasteiger partial charge in [-0.3, -0.25) is 0 Å². The molecule has 2 N–H and O–H groups in total. The Kier molecular flexibility index (Phi) is 92.2. The Balaban J connectivity index is -0.0000000400. The van der Waals surface area contributed by atoms with Crippen molar-refractivity contribution in [3.63, 3.8) is 0 Å². The number of carbonyl (C=O) groups is 2. The minimum atomic E-state index is 0. The van der Waals surface area contributed by atoms with Crippen LogP contribution in [0.1, 0.15) is 0 Å². The van der Waals surface area contributed by atoms with Gasteiger partial charge in [-0.2, -0.15) is 0 Å². The molecule has 0 aromatic heterocycles. The van der Waals surface area contributed by atoms with E-state index in [1.807, 2.05) is 0 Å². The standard InChI is InChI=1S/2CH3NO.Zr/c2*2-1-3;/h2*1H,(H2,2,3);/q;;+2/p-2. The topological polar surface area (TPSA) is 81.7 Å².